The van der Waals surface area contributed by atoms with Crippen LogP contribution in [0.3, 0.4) is 0 Å². The number of carbonyl (C=O) groups excluding carboxylic acids is 1. The highest BCUT2D eigenvalue weighted by Crippen LogP contribution is 2.32. The molecular weight excluding hydrogens is 348 g/mol. The minimum Gasteiger partial charge on any atom is -0.618 e. The van der Waals surface area contributed by atoms with E-state index in [1.54, 1.807) is 29.2 Å². The molecule has 4 heteroatoms. The number of benzene rings is 4. The lowest BCUT2D eigenvalue weighted by molar-refractivity contribution is -0.354. The third kappa shape index (κ3) is 3.48. The molecule has 4 aromatic rings. The van der Waals surface area contributed by atoms with Crippen LogP contribution in [0.15, 0.2) is 103 Å². The van der Waals surface area contributed by atoms with Crippen LogP contribution in [0.25, 0.3) is 10.8 Å². The van der Waals surface area contributed by atoms with Gasteiger partial charge in [-0.3, -0.25) is 9.69 Å². The summed E-state index contributed by atoms with van der Waals surface area (Å²) in [6, 6.07) is 31.7. The summed E-state index contributed by atoms with van der Waals surface area (Å²) in [5, 5.41) is 14.5. The zero-order valence-corrected chi connectivity index (χ0v) is 15.1. The van der Waals surface area contributed by atoms with Crippen LogP contribution in [0.4, 0.5) is 17.1 Å². The lowest BCUT2D eigenvalue weighted by atomic mass is 10.1. The van der Waals surface area contributed by atoms with Crippen molar-refractivity contribution in [1.29, 1.82) is 0 Å². The monoisotopic (exact) mass is 366 g/mol. The third-order valence-corrected chi connectivity index (χ3v) is 4.48. The van der Waals surface area contributed by atoms with Gasteiger partial charge in [-0.2, -0.15) is 4.74 Å². The normalized spacial score (nSPS) is 11.4. The SMILES string of the molecule is O=C(/C=[N+](\[O-])c1ccccc1)N(c1ccccc1)c1cccc2ccccc12. The van der Waals surface area contributed by atoms with Gasteiger partial charge in [-0.05, 0) is 23.6 Å². The largest absolute Gasteiger partial charge is 0.618 e. The molecule has 0 spiro atoms. The molecule has 4 aromatic carbocycles. The van der Waals surface area contributed by atoms with Crippen molar-refractivity contribution in [2.75, 3.05) is 4.90 Å². The molecule has 0 radical (unpaired) electrons. The van der Waals surface area contributed by atoms with E-state index in [1.807, 2.05) is 78.9 Å². The first-order valence-electron chi connectivity index (χ1n) is 8.97. The molecule has 0 N–H and O–H groups in total. The number of hydrogen-bond donors (Lipinski definition) is 0. The second kappa shape index (κ2) is 7.76. The number of amides is 1. The van der Waals surface area contributed by atoms with Gasteiger partial charge in [-0.25, -0.2) is 0 Å². The van der Waals surface area contributed by atoms with E-state index in [9.17, 15) is 10.0 Å². The van der Waals surface area contributed by atoms with Crippen molar-refractivity contribution in [2.24, 2.45) is 0 Å². The molecule has 0 saturated carbocycles. The molecule has 4 nitrogen and oxygen atoms in total. The van der Waals surface area contributed by atoms with Gasteiger partial charge < -0.3 is 5.21 Å². The van der Waals surface area contributed by atoms with Gasteiger partial charge in [0.25, 0.3) is 0 Å². The van der Waals surface area contributed by atoms with Crippen molar-refractivity contribution >= 4 is 40.0 Å². The summed E-state index contributed by atoms with van der Waals surface area (Å²) in [6.45, 7) is 0. The molecule has 0 aliphatic carbocycles. The van der Waals surface area contributed by atoms with E-state index in [2.05, 4.69) is 0 Å². The van der Waals surface area contributed by atoms with Gasteiger partial charge in [0.1, 0.15) is 0 Å². The van der Waals surface area contributed by atoms with Crippen molar-refractivity contribution in [3.05, 3.63) is 108 Å². The van der Waals surface area contributed by atoms with Gasteiger partial charge >= 0.3 is 5.91 Å². The van der Waals surface area contributed by atoms with Crippen LogP contribution >= 0.6 is 0 Å². The summed E-state index contributed by atoms with van der Waals surface area (Å²) in [4.78, 5) is 14.8. The van der Waals surface area contributed by atoms with Crippen LogP contribution in [-0.4, -0.2) is 16.9 Å². The maximum Gasteiger partial charge on any atom is 0.321 e. The number of hydrogen-bond acceptors (Lipinski definition) is 2. The molecule has 4 rings (SSSR count). The topological polar surface area (TPSA) is 46.4 Å². The van der Waals surface area contributed by atoms with Gasteiger partial charge in [0.2, 0.25) is 11.9 Å². The highest BCUT2D eigenvalue weighted by atomic mass is 16.5. The second-order valence-corrected chi connectivity index (χ2v) is 6.30. The molecule has 0 bridgehead atoms. The van der Waals surface area contributed by atoms with Crippen LogP contribution in [0.2, 0.25) is 0 Å². The number of fused-ring (bicyclic) bond motifs is 1. The van der Waals surface area contributed by atoms with Crippen LogP contribution in [0, 0.1) is 5.21 Å². The third-order valence-electron chi connectivity index (χ3n) is 4.48. The van der Waals surface area contributed by atoms with Gasteiger partial charge in [0.15, 0.2) is 0 Å². The first kappa shape index (κ1) is 17.5. The Bertz CT molecular complexity index is 1130. The second-order valence-electron chi connectivity index (χ2n) is 6.30. The minimum absolute atomic E-state index is 0.404. The first-order valence-corrected chi connectivity index (χ1v) is 8.97. The molecule has 28 heavy (non-hydrogen) atoms. The summed E-state index contributed by atoms with van der Waals surface area (Å²) in [5.74, 6) is -0.415. The van der Waals surface area contributed by atoms with Gasteiger partial charge in [0.05, 0.1) is 5.69 Å². The van der Waals surface area contributed by atoms with Crippen molar-refractivity contribution in [3.63, 3.8) is 0 Å². The maximum atomic E-state index is 13.2. The molecule has 0 aliphatic heterocycles. The Balaban J connectivity index is 1.84. The Morgan fingerprint density at radius 3 is 2.11 bits per heavy atom. The number of anilines is 2. The summed E-state index contributed by atoms with van der Waals surface area (Å²) < 4.78 is 0.601. The zero-order valence-electron chi connectivity index (χ0n) is 15.1. The maximum absolute atomic E-state index is 13.2. The van der Waals surface area contributed by atoms with E-state index in [1.165, 1.54) is 0 Å². The molecule has 1 amide bonds. The number of para-hydroxylation sites is 2. The van der Waals surface area contributed by atoms with Crippen LogP contribution < -0.4 is 4.90 Å². The highest BCUT2D eigenvalue weighted by molar-refractivity contribution is 6.34. The number of rotatable bonds is 4. The van der Waals surface area contributed by atoms with Crippen LogP contribution in [-0.2, 0) is 4.79 Å². The van der Waals surface area contributed by atoms with Crippen LogP contribution in [0.1, 0.15) is 0 Å². The Kier molecular flexibility index (Phi) is 4.85. The Labute approximate surface area is 163 Å². The Morgan fingerprint density at radius 2 is 1.36 bits per heavy atom. The van der Waals surface area contributed by atoms with Crippen molar-refractivity contribution < 1.29 is 9.53 Å². The zero-order chi connectivity index (χ0) is 19.3. The van der Waals surface area contributed by atoms with Gasteiger partial charge in [-0.1, -0.05) is 72.8 Å². The fourth-order valence-corrected chi connectivity index (χ4v) is 3.17. The summed E-state index contributed by atoms with van der Waals surface area (Å²) in [5.41, 5.74) is 1.83. The number of carbonyl (C=O) groups is 1. The predicted octanol–water partition coefficient (Wildman–Crippen LogP) is 5.42. The van der Waals surface area contributed by atoms with Crippen LogP contribution in [0.5, 0.6) is 0 Å². The standard InChI is InChI=1S/C24H18N2O2/c27-24(18-25(28)20-12-3-1-4-13-20)26(21-14-5-2-6-15-21)23-17-9-11-19-10-7-8-16-22(19)23/h1-18H/b25-18-. The molecule has 0 atom stereocenters. The molecule has 0 unspecified atom stereocenters. The van der Waals surface area contributed by atoms with E-state index < -0.39 is 5.91 Å². The van der Waals surface area contributed by atoms with E-state index >= 15 is 0 Å². The van der Waals surface area contributed by atoms with Crippen molar-refractivity contribution in [1.82, 2.24) is 0 Å². The van der Waals surface area contributed by atoms with E-state index in [4.69, 9.17) is 0 Å². The Hall–Kier alpha value is -3.92. The lowest BCUT2D eigenvalue weighted by Gasteiger charge is -2.22. The first-order chi connectivity index (χ1) is 13.7. The average Bonchev–Trinajstić information content (AvgIpc) is 2.75. The molecule has 0 heterocycles. The predicted molar refractivity (Wildman–Crippen MR) is 113 cm³/mol. The fourth-order valence-electron chi connectivity index (χ4n) is 3.17. The van der Waals surface area contributed by atoms with E-state index in [-0.39, 0.29) is 0 Å². The highest BCUT2D eigenvalue weighted by Gasteiger charge is 2.21. The molecule has 0 aromatic heterocycles. The average molecular weight is 366 g/mol. The van der Waals surface area contributed by atoms with Crippen molar-refractivity contribution in [2.45, 2.75) is 0 Å². The summed E-state index contributed by atoms with van der Waals surface area (Å²) >= 11 is 0. The molecular formula is C24H18N2O2. The minimum atomic E-state index is -0.415. The Morgan fingerprint density at radius 1 is 0.750 bits per heavy atom. The number of nitrogens with zero attached hydrogens (tertiary/aromatic N) is 2. The summed E-state index contributed by atoms with van der Waals surface area (Å²) in [7, 11) is 0. The fraction of sp³-hybridized carbons (Fsp3) is 0. The molecule has 0 fully saturated rings. The quantitative estimate of drug-likeness (QED) is 0.210. The van der Waals surface area contributed by atoms with E-state index in [0.29, 0.717) is 16.1 Å². The molecule has 136 valence electrons. The van der Waals surface area contributed by atoms with Gasteiger partial charge in [0, 0.05) is 23.2 Å². The smallest absolute Gasteiger partial charge is 0.321 e. The lowest BCUT2D eigenvalue weighted by Crippen LogP contribution is -2.29. The van der Waals surface area contributed by atoms with E-state index in [0.717, 1.165) is 22.7 Å². The summed E-state index contributed by atoms with van der Waals surface area (Å²) in [6.07, 6.45) is 1.07. The van der Waals surface area contributed by atoms with Gasteiger partial charge in [-0.15, -0.1) is 0 Å². The van der Waals surface area contributed by atoms with Crippen molar-refractivity contribution in [3.8, 4) is 0 Å². The molecule has 0 aliphatic rings. The molecule has 0 saturated heterocycles.